The van der Waals surface area contributed by atoms with E-state index < -0.39 is 0 Å². The number of phenols is 2. The number of halogens is 1. The lowest BCUT2D eigenvalue weighted by Crippen LogP contribution is -2.11. The predicted molar refractivity (Wildman–Crippen MR) is 68.0 cm³/mol. The van der Waals surface area contributed by atoms with Crippen molar-refractivity contribution in [1.82, 2.24) is 0 Å². The predicted octanol–water partition coefficient (Wildman–Crippen LogP) is 2.96. The third-order valence-electron chi connectivity index (χ3n) is 2.47. The molecule has 4 heteroatoms. The average molecular weight is 246 g/mol. The summed E-state index contributed by atoms with van der Waals surface area (Å²) in [4.78, 5) is 0. The van der Waals surface area contributed by atoms with Crippen molar-refractivity contribution in [2.75, 3.05) is 0 Å². The van der Waals surface area contributed by atoms with Crippen LogP contribution in [0.4, 0.5) is 0 Å². The highest BCUT2D eigenvalue weighted by Gasteiger charge is 2.12. The first-order valence-corrected chi connectivity index (χ1v) is 5.28. The molecule has 16 heavy (non-hydrogen) atoms. The molecular weight excluding hydrogens is 226 g/mol. The van der Waals surface area contributed by atoms with E-state index in [1.165, 1.54) is 18.2 Å². The Morgan fingerprint density at radius 2 is 1.81 bits per heavy atom. The van der Waals surface area contributed by atoms with E-state index in [0.717, 1.165) is 12.8 Å². The Morgan fingerprint density at radius 3 is 2.38 bits per heavy atom. The summed E-state index contributed by atoms with van der Waals surface area (Å²) < 4.78 is 0. The first-order chi connectivity index (χ1) is 7.00. The van der Waals surface area contributed by atoms with Gasteiger partial charge in [-0.3, -0.25) is 0 Å². The Morgan fingerprint density at radius 1 is 1.19 bits per heavy atom. The van der Waals surface area contributed by atoms with Gasteiger partial charge in [-0.15, -0.1) is 12.4 Å². The highest BCUT2D eigenvalue weighted by molar-refractivity contribution is 5.85. The van der Waals surface area contributed by atoms with E-state index in [1.54, 1.807) is 0 Å². The summed E-state index contributed by atoms with van der Waals surface area (Å²) in [6.45, 7) is 4.27. The average Bonchev–Trinajstić information content (AvgIpc) is 2.18. The van der Waals surface area contributed by atoms with E-state index in [1.807, 2.05) is 0 Å². The molecule has 0 fully saturated rings. The summed E-state index contributed by atoms with van der Waals surface area (Å²) in [5, 5.41) is 18.9. The minimum Gasteiger partial charge on any atom is -0.508 e. The van der Waals surface area contributed by atoms with E-state index in [4.69, 9.17) is 5.73 Å². The van der Waals surface area contributed by atoms with Crippen LogP contribution < -0.4 is 5.73 Å². The van der Waals surface area contributed by atoms with Gasteiger partial charge in [-0.05, 0) is 37.0 Å². The quantitative estimate of drug-likeness (QED) is 0.715. The zero-order valence-corrected chi connectivity index (χ0v) is 10.5. The van der Waals surface area contributed by atoms with Gasteiger partial charge in [0.25, 0.3) is 0 Å². The van der Waals surface area contributed by atoms with Crippen molar-refractivity contribution < 1.29 is 10.2 Å². The van der Waals surface area contributed by atoms with Crippen molar-refractivity contribution >= 4 is 12.4 Å². The van der Waals surface area contributed by atoms with Crippen molar-refractivity contribution in [3.8, 4) is 11.5 Å². The number of phenolic OH excluding ortho intramolecular Hbond substituents is 2. The van der Waals surface area contributed by atoms with Crippen LogP contribution in [0.25, 0.3) is 0 Å². The monoisotopic (exact) mass is 245 g/mol. The number of aromatic hydroxyl groups is 2. The van der Waals surface area contributed by atoms with Crippen LogP contribution in [-0.2, 0) is 0 Å². The molecule has 0 heterocycles. The van der Waals surface area contributed by atoms with Gasteiger partial charge in [0.2, 0.25) is 0 Å². The maximum absolute atomic E-state index is 9.58. The molecule has 0 radical (unpaired) electrons. The molecule has 1 atom stereocenters. The molecule has 0 saturated heterocycles. The fourth-order valence-corrected chi connectivity index (χ4v) is 1.51. The van der Waals surface area contributed by atoms with Crippen LogP contribution in [0.15, 0.2) is 18.2 Å². The summed E-state index contributed by atoms with van der Waals surface area (Å²) in [6, 6.07) is 4.24. The van der Waals surface area contributed by atoms with Gasteiger partial charge in [-0.25, -0.2) is 0 Å². The van der Waals surface area contributed by atoms with E-state index in [9.17, 15) is 10.2 Å². The van der Waals surface area contributed by atoms with Crippen LogP contribution in [-0.4, -0.2) is 10.2 Å². The van der Waals surface area contributed by atoms with Crippen molar-refractivity contribution in [2.45, 2.75) is 32.7 Å². The second-order valence-corrected chi connectivity index (χ2v) is 4.32. The Bertz CT molecular complexity index is 329. The first kappa shape index (κ1) is 15.1. The zero-order chi connectivity index (χ0) is 11.4. The lowest BCUT2D eigenvalue weighted by molar-refractivity contribution is 0.438. The summed E-state index contributed by atoms with van der Waals surface area (Å²) in [5.41, 5.74) is 6.56. The van der Waals surface area contributed by atoms with Gasteiger partial charge >= 0.3 is 0 Å². The Kier molecular flexibility index (Phi) is 6.22. The molecule has 3 nitrogen and oxygen atoms in total. The number of rotatable bonds is 4. The number of nitrogens with two attached hydrogens (primary N) is 1. The van der Waals surface area contributed by atoms with Gasteiger partial charge in [0.15, 0.2) is 0 Å². The Labute approximate surface area is 103 Å². The van der Waals surface area contributed by atoms with Crippen LogP contribution in [0.3, 0.4) is 0 Å². The molecule has 0 bridgehead atoms. The molecule has 4 N–H and O–H groups in total. The second kappa shape index (κ2) is 6.61. The molecular formula is C12H20ClNO2. The third kappa shape index (κ3) is 4.29. The largest absolute Gasteiger partial charge is 0.508 e. The van der Waals surface area contributed by atoms with E-state index in [2.05, 4.69) is 13.8 Å². The molecule has 1 aromatic carbocycles. The minimum atomic E-state index is -0.209. The lowest BCUT2D eigenvalue weighted by atomic mass is 9.97. The van der Waals surface area contributed by atoms with Gasteiger partial charge in [0.05, 0.1) is 0 Å². The summed E-state index contributed by atoms with van der Waals surface area (Å²) >= 11 is 0. The number of benzene rings is 1. The van der Waals surface area contributed by atoms with Crippen LogP contribution in [0.1, 0.15) is 38.3 Å². The van der Waals surface area contributed by atoms with Crippen LogP contribution in [0.2, 0.25) is 0 Å². The first-order valence-electron chi connectivity index (χ1n) is 5.28. The van der Waals surface area contributed by atoms with E-state index >= 15 is 0 Å². The topological polar surface area (TPSA) is 66.5 Å². The smallest absolute Gasteiger partial charge is 0.120 e. The molecule has 0 spiro atoms. The number of hydrogen-bond acceptors (Lipinski definition) is 3. The van der Waals surface area contributed by atoms with Crippen LogP contribution in [0.5, 0.6) is 11.5 Å². The third-order valence-corrected chi connectivity index (χ3v) is 2.47. The molecule has 1 rings (SSSR count). The van der Waals surface area contributed by atoms with Crippen molar-refractivity contribution in [3.63, 3.8) is 0 Å². The molecule has 0 aromatic heterocycles. The van der Waals surface area contributed by atoms with Crippen molar-refractivity contribution in [3.05, 3.63) is 23.8 Å². The Hall–Kier alpha value is -0.930. The summed E-state index contributed by atoms with van der Waals surface area (Å²) in [6.07, 6.45) is 1.82. The molecule has 0 aliphatic carbocycles. The summed E-state index contributed by atoms with van der Waals surface area (Å²) in [7, 11) is 0. The zero-order valence-electron chi connectivity index (χ0n) is 9.68. The summed E-state index contributed by atoms with van der Waals surface area (Å²) in [5.74, 6) is 0.891. The highest BCUT2D eigenvalue weighted by atomic mass is 35.5. The van der Waals surface area contributed by atoms with Gasteiger partial charge in [0, 0.05) is 11.6 Å². The van der Waals surface area contributed by atoms with Gasteiger partial charge in [0.1, 0.15) is 11.5 Å². The van der Waals surface area contributed by atoms with Gasteiger partial charge in [-0.2, -0.15) is 0 Å². The molecule has 0 aliphatic rings. The van der Waals surface area contributed by atoms with Crippen molar-refractivity contribution in [2.24, 2.45) is 11.7 Å². The van der Waals surface area contributed by atoms with Gasteiger partial charge < -0.3 is 15.9 Å². The van der Waals surface area contributed by atoms with Crippen LogP contribution >= 0.6 is 12.4 Å². The van der Waals surface area contributed by atoms with E-state index in [0.29, 0.717) is 11.5 Å². The van der Waals surface area contributed by atoms with E-state index in [-0.39, 0.29) is 29.9 Å². The molecule has 0 amide bonds. The maximum atomic E-state index is 9.58. The van der Waals surface area contributed by atoms with Crippen molar-refractivity contribution in [1.29, 1.82) is 0 Å². The fourth-order valence-electron chi connectivity index (χ4n) is 1.51. The SMILES string of the molecule is CC(C)CC[C@H](N)c1cc(O)ccc1O.Cl. The fraction of sp³-hybridized carbons (Fsp3) is 0.500. The number of hydrogen-bond donors (Lipinski definition) is 3. The lowest BCUT2D eigenvalue weighted by Gasteiger charge is -2.15. The normalized spacial score (nSPS) is 12.2. The molecule has 92 valence electrons. The standard InChI is InChI=1S/C12H19NO2.ClH/c1-8(2)3-5-11(13)10-7-9(14)4-6-12(10)15;/h4,6-8,11,14-15H,3,5,13H2,1-2H3;1H/t11-;/m0./s1. The Balaban J connectivity index is 0.00000225. The molecule has 0 saturated carbocycles. The van der Waals surface area contributed by atoms with Gasteiger partial charge in [-0.1, -0.05) is 13.8 Å². The maximum Gasteiger partial charge on any atom is 0.120 e. The molecule has 0 unspecified atom stereocenters. The molecule has 0 aliphatic heterocycles. The second-order valence-electron chi connectivity index (χ2n) is 4.32. The minimum absolute atomic E-state index is 0. The molecule has 1 aromatic rings. The van der Waals surface area contributed by atoms with Crippen LogP contribution in [0, 0.1) is 5.92 Å². The highest BCUT2D eigenvalue weighted by Crippen LogP contribution is 2.29.